The molecule has 2 atom stereocenters. The van der Waals surface area contributed by atoms with Gasteiger partial charge in [0.2, 0.25) is 0 Å². The summed E-state index contributed by atoms with van der Waals surface area (Å²) in [5, 5.41) is 0. The van der Waals surface area contributed by atoms with Gasteiger partial charge in [0, 0.05) is 6.04 Å². The molecule has 2 rings (SSSR count). The predicted molar refractivity (Wildman–Crippen MR) is 65.1 cm³/mol. The molecule has 0 amide bonds. The largest absolute Gasteiger partial charge is 0.324 e. The minimum Gasteiger partial charge on any atom is -0.324 e. The number of nitrogens with two attached hydrogens (primary N) is 1. The monoisotopic (exact) mass is 203 g/mol. The van der Waals surface area contributed by atoms with Gasteiger partial charge >= 0.3 is 0 Å². The van der Waals surface area contributed by atoms with Crippen LogP contribution in [0.15, 0.2) is 18.2 Å². The zero-order valence-corrected chi connectivity index (χ0v) is 9.96. The van der Waals surface area contributed by atoms with Gasteiger partial charge in [0.05, 0.1) is 0 Å². The first-order valence-corrected chi connectivity index (χ1v) is 5.99. The predicted octanol–water partition coefficient (Wildman–Crippen LogP) is 3.71. The maximum atomic E-state index is 6.18. The standard InChI is InChI=1S/C14H21N/c1-9(2)11-5-6-12-10(3)4-7-14(15)13(12)8-11/h5-6,8-10,14H,4,7,15H2,1-3H3/t10?,14-/m0/s1. The summed E-state index contributed by atoms with van der Waals surface area (Å²) in [5.74, 6) is 1.28. The quantitative estimate of drug-likeness (QED) is 0.740. The molecule has 0 fully saturated rings. The maximum absolute atomic E-state index is 6.18. The van der Waals surface area contributed by atoms with E-state index in [0.29, 0.717) is 11.8 Å². The molecule has 82 valence electrons. The lowest BCUT2D eigenvalue weighted by Crippen LogP contribution is -2.19. The number of fused-ring (bicyclic) bond motifs is 1. The van der Waals surface area contributed by atoms with Crippen molar-refractivity contribution in [3.8, 4) is 0 Å². The second-order valence-corrected chi connectivity index (χ2v) is 5.13. The topological polar surface area (TPSA) is 26.0 Å². The summed E-state index contributed by atoms with van der Waals surface area (Å²) in [6.45, 7) is 6.78. The highest BCUT2D eigenvalue weighted by atomic mass is 14.6. The second kappa shape index (κ2) is 3.97. The lowest BCUT2D eigenvalue weighted by molar-refractivity contribution is 0.512. The van der Waals surface area contributed by atoms with E-state index in [1.807, 2.05) is 0 Å². The van der Waals surface area contributed by atoms with Crippen LogP contribution in [0.3, 0.4) is 0 Å². The van der Waals surface area contributed by atoms with E-state index in [0.717, 1.165) is 6.42 Å². The van der Waals surface area contributed by atoms with Crippen molar-refractivity contribution in [1.82, 2.24) is 0 Å². The molecule has 1 heteroatoms. The molecule has 0 saturated carbocycles. The molecule has 1 unspecified atom stereocenters. The van der Waals surface area contributed by atoms with Crippen molar-refractivity contribution >= 4 is 0 Å². The summed E-state index contributed by atoms with van der Waals surface area (Å²) in [7, 11) is 0. The van der Waals surface area contributed by atoms with Crippen molar-refractivity contribution in [2.45, 2.75) is 51.5 Å². The summed E-state index contributed by atoms with van der Waals surface area (Å²) < 4.78 is 0. The minimum atomic E-state index is 0.259. The van der Waals surface area contributed by atoms with E-state index in [9.17, 15) is 0 Å². The first kappa shape index (κ1) is 10.7. The minimum absolute atomic E-state index is 0.259. The van der Waals surface area contributed by atoms with Crippen LogP contribution in [-0.4, -0.2) is 0 Å². The van der Waals surface area contributed by atoms with Crippen LogP contribution in [0, 0.1) is 0 Å². The molecule has 0 bridgehead atoms. The van der Waals surface area contributed by atoms with Crippen LogP contribution >= 0.6 is 0 Å². The molecule has 1 aliphatic carbocycles. The molecule has 0 saturated heterocycles. The van der Waals surface area contributed by atoms with E-state index in [1.165, 1.54) is 23.1 Å². The van der Waals surface area contributed by atoms with Crippen molar-refractivity contribution in [2.24, 2.45) is 5.73 Å². The van der Waals surface area contributed by atoms with Gasteiger partial charge in [0.1, 0.15) is 0 Å². The highest BCUT2D eigenvalue weighted by Crippen LogP contribution is 2.37. The van der Waals surface area contributed by atoms with Crippen molar-refractivity contribution in [2.75, 3.05) is 0 Å². The highest BCUT2D eigenvalue weighted by Gasteiger charge is 2.22. The lowest BCUT2D eigenvalue weighted by atomic mass is 9.80. The first-order chi connectivity index (χ1) is 7.09. The van der Waals surface area contributed by atoms with Gasteiger partial charge < -0.3 is 5.73 Å². The van der Waals surface area contributed by atoms with E-state index in [-0.39, 0.29) is 6.04 Å². The molecule has 0 aromatic heterocycles. The Morgan fingerprint density at radius 3 is 2.60 bits per heavy atom. The second-order valence-electron chi connectivity index (χ2n) is 5.13. The number of hydrogen-bond donors (Lipinski definition) is 1. The Balaban J connectivity index is 2.45. The van der Waals surface area contributed by atoms with Gasteiger partial charge in [0.25, 0.3) is 0 Å². The van der Waals surface area contributed by atoms with Crippen LogP contribution < -0.4 is 5.73 Å². The normalized spacial score (nSPS) is 25.4. The third-order valence-electron chi connectivity index (χ3n) is 3.62. The van der Waals surface area contributed by atoms with Gasteiger partial charge in [0.15, 0.2) is 0 Å². The highest BCUT2D eigenvalue weighted by molar-refractivity contribution is 5.39. The molecule has 0 heterocycles. The summed E-state index contributed by atoms with van der Waals surface area (Å²) in [4.78, 5) is 0. The molecule has 1 nitrogen and oxygen atoms in total. The van der Waals surface area contributed by atoms with E-state index < -0.39 is 0 Å². The average molecular weight is 203 g/mol. The zero-order chi connectivity index (χ0) is 11.0. The van der Waals surface area contributed by atoms with Crippen LogP contribution in [0.2, 0.25) is 0 Å². The van der Waals surface area contributed by atoms with Crippen LogP contribution in [0.4, 0.5) is 0 Å². The summed E-state index contributed by atoms with van der Waals surface area (Å²) in [5.41, 5.74) is 10.5. The molecule has 0 aliphatic heterocycles. The van der Waals surface area contributed by atoms with Crippen LogP contribution in [0.25, 0.3) is 0 Å². The Bertz CT molecular complexity index is 354. The van der Waals surface area contributed by atoms with Crippen molar-refractivity contribution < 1.29 is 0 Å². The summed E-state index contributed by atoms with van der Waals surface area (Å²) in [6.07, 6.45) is 2.37. The lowest BCUT2D eigenvalue weighted by Gasteiger charge is -2.28. The third kappa shape index (κ3) is 1.93. The molecule has 1 aromatic carbocycles. The van der Waals surface area contributed by atoms with Crippen molar-refractivity contribution in [3.63, 3.8) is 0 Å². The molecule has 15 heavy (non-hydrogen) atoms. The zero-order valence-electron chi connectivity index (χ0n) is 9.96. The van der Waals surface area contributed by atoms with E-state index in [2.05, 4.69) is 39.0 Å². The Kier molecular flexibility index (Phi) is 2.83. The molecule has 0 spiro atoms. The molecule has 2 N–H and O–H groups in total. The Hall–Kier alpha value is -0.820. The fourth-order valence-electron chi connectivity index (χ4n) is 2.46. The molecule has 1 aliphatic rings. The van der Waals surface area contributed by atoms with E-state index >= 15 is 0 Å². The average Bonchev–Trinajstić information content (AvgIpc) is 2.23. The van der Waals surface area contributed by atoms with Crippen molar-refractivity contribution in [3.05, 3.63) is 34.9 Å². The van der Waals surface area contributed by atoms with Gasteiger partial charge in [-0.15, -0.1) is 0 Å². The van der Waals surface area contributed by atoms with Gasteiger partial charge in [-0.3, -0.25) is 0 Å². The fraction of sp³-hybridized carbons (Fsp3) is 0.571. The first-order valence-electron chi connectivity index (χ1n) is 5.99. The number of rotatable bonds is 1. The summed E-state index contributed by atoms with van der Waals surface area (Å²) >= 11 is 0. The van der Waals surface area contributed by atoms with E-state index in [1.54, 1.807) is 0 Å². The van der Waals surface area contributed by atoms with Crippen LogP contribution in [-0.2, 0) is 0 Å². The Morgan fingerprint density at radius 2 is 1.93 bits per heavy atom. The van der Waals surface area contributed by atoms with Crippen molar-refractivity contribution in [1.29, 1.82) is 0 Å². The Labute approximate surface area is 92.7 Å². The molecular formula is C14H21N. The van der Waals surface area contributed by atoms with E-state index in [4.69, 9.17) is 5.73 Å². The molecule has 1 aromatic rings. The molecular weight excluding hydrogens is 182 g/mol. The third-order valence-corrected chi connectivity index (χ3v) is 3.62. The number of benzene rings is 1. The van der Waals surface area contributed by atoms with Crippen LogP contribution in [0.5, 0.6) is 0 Å². The Morgan fingerprint density at radius 1 is 1.20 bits per heavy atom. The number of hydrogen-bond acceptors (Lipinski definition) is 1. The smallest absolute Gasteiger partial charge is 0.0297 e. The fourth-order valence-corrected chi connectivity index (χ4v) is 2.46. The van der Waals surface area contributed by atoms with Crippen LogP contribution in [0.1, 0.15) is 68.2 Å². The molecule has 0 radical (unpaired) electrons. The van der Waals surface area contributed by atoms with Gasteiger partial charge in [-0.2, -0.15) is 0 Å². The van der Waals surface area contributed by atoms with Gasteiger partial charge in [-0.25, -0.2) is 0 Å². The maximum Gasteiger partial charge on any atom is 0.0297 e. The van der Waals surface area contributed by atoms with Gasteiger partial charge in [-0.05, 0) is 41.4 Å². The summed E-state index contributed by atoms with van der Waals surface area (Å²) in [6, 6.07) is 7.13. The van der Waals surface area contributed by atoms with Gasteiger partial charge in [-0.1, -0.05) is 39.0 Å². The SMILES string of the molecule is CC(C)c1ccc2c(c1)[C@@H](N)CCC2C.